The highest BCUT2D eigenvalue weighted by Crippen LogP contribution is 2.43. The average molecular weight is 958 g/mol. The van der Waals surface area contributed by atoms with Crippen molar-refractivity contribution >= 4 is 74.3 Å². The fraction of sp³-hybridized carbons (Fsp3) is 0.146. The van der Waals surface area contributed by atoms with Crippen LogP contribution in [0.5, 0.6) is 0 Å². The number of oxime groups is 1. The number of nitrogens with zero attached hydrogens (tertiary/aromatic N) is 3. The van der Waals surface area contributed by atoms with Gasteiger partial charge in [-0.05, 0) is 33.4 Å². The van der Waals surface area contributed by atoms with Gasteiger partial charge in [0.2, 0.25) is 0 Å². The summed E-state index contributed by atoms with van der Waals surface area (Å²) in [5.41, 5.74) is 4.84. The second-order valence-corrected chi connectivity index (χ2v) is 16.8. The van der Waals surface area contributed by atoms with Crippen LogP contribution in [0.25, 0.3) is 0 Å². The summed E-state index contributed by atoms with van der Waals surface area (Å²) in [6.07, 6.45) is 0.827. The molecule has 0 saturated carbocycles. The summed E-state index contributed by atoms with van der Waals surface area (Å²) >= 11 is 4.99. The van der Waals surface area contributed by atoms with Gasteiger partial charge in [-0.15, -0.1) is 23.1 Å². The number of ether oxygens (including phenoxy) is 1. The molecule has 2 aliphatic heterocycles. The van der Waals surface area contributed by atoms with Crippen LogP contribution in [-0.4, -0.2) is 61.6 Å². The smallest absolute Gasteiger partial charge is 0.356 e. The van der Waals surface area contributed by atoms with Crippen LogP contribution < -0.4 is 10.6 Å². The van der Waals surface area contributed by atoms with Crippen LogP contribution in [0.3, 0.4) is 0 Å². The maximum Gasteiger partial charge on any atom is 0.356 e. The molecule has 1 aromatic heterocycles. The van der Waals surface area contributed by atoms with E-state index in [1.54, 1.807) is 5.38 Å². The van der Waals surface area contributed by atoms with Crippen molar-refractivity contribution in [3.05, 3.63) is 214 Å². The minimum atomic E-state index is -0.946. The number of hydrogen-bond acceptors (Lipinski definition) is 10. The molecule has 2 N–H and O–H groups in total. The summed E-state index contributed by atoms with van der Waals surface area (Å²) in [5, 5.41) is 12.5. The highest BCUT2D eigenvalue weighted by molar-refractivity contribution is 14.1. The number of halogens is 1. The van der Waals surface area contributed by atoms with E-state index in [2.05, 4.69) is 81.4 Å². The third kappa shape index (κ3) is 8.63. The van der Waals surface area contributed by atoms with Crippen molar-refractivity contribution in [1.82, 2.24) is 15.2 Å². The monoisotopic (exact) mass is 957 g/mol. The summed E-state index contributed by atoms with van der Waals surface area (Å²) in [5.74, 6) is -1.21. The zero-order valence-electron chi connectivity index (χ0n) is 32.7. The van der Waals surface area contributed by atoms with E-state index in [0.29, 0.717) is 15.3 Å². The molecule has 2 amide bonds. The number of hydrogen-bond donors (Lipinski definition) is 2. The number of aromatic nitrogens is 1. The maximum absolute atomic E-state index is 14.2. The summed E-state index contributed by atoms with van der Waals surface area (Å²) in [4.78, 5) is 54.3. The Hall–Kier alpha value is -6.03. The Kier molecular flexibility index (Phi) is 13.1. The molecule has 0 unspecified atom stereocenters. The highest BCUT2D eigenvalue weighted by atomic mass is 127. The third-order valence-electron chi connectivity index (χ3n) is 10.3. The molecule has 1 saturated heterocycles. The number of anilines is 1. The van der Waals surface area contributed by atoms with Crippen molar-refractivity contribution in [2.45, 2.75) is 23.1 Å². The first-order chi connectivity index (χ1) is 29.9. The Morgan fingerprint density at radius 1 is 0.852 bits per heavy atom. The van der Waals surface area contributed by atoms with Gasteiger partial charge in [0, 0.05) is 15.6 Å². The number of nitrogens with one attached hydrogen (secondary N) is 2. The average Bonchev–Trinajstić information content (AvgIpc) is 3.79. The number of fused-ring (bicyclic) bond motifs is 1. The van der Waals surface area contributed by atoms with Gasteiger partial charge >= 0.3 is 5.97 Å². The SMILES string of the molecule is C=CCO/N=C(\C(=O)N[C@@H]1C(=O)N2C(C(=O)OC(c3ccccc3)c3ccccc3)=C(CI)CS[C@H]12)c1csc(NC(c2ccccc2)(c2ccccc2)c2ccccc2)n1. The third-order valence-corrected chi connectivity index (χ3v) is 13.4. The van der Waals surface area contributed by atoms with Crippen molar-refractivity contribution in [2.24, 2.45) is 5.16 Å². The lowest BCUT2D eigenvalue weighted by Crippen LogP contribution is -2.71. The van der Waals surface area contributed by atoms with Gasteiger partial charge in [-0.25, -0.2) is 9.78 Å². The lowest BCUT2D eigenvalue weighted by Gasteiger charge is -2.49. The van der Waals surface area contributed by atoms with Gasteiger partial charge in [0.15, 0.2) is 16.9 Å². The van der Waals surface area contributed by atoms with Gasteiger partial charge in [-0.1, -0.05) is 192 Å². The number of β-lactam (4-membered cyclic amide) rings is 1. The number of thiazole rings is 1. The largest absolute Gasteiger partial charge is 0.448 e. The Balaban J connectivity index is 1.05. The molecule has 10 nitrogen and oxygen atoms in total. The molecule has 6 aromatic rings. The Morgan fingerprint density at radius 3 is 1.89 bits per heavy atom. The van der Waals surface area contributed by atoms with Crippen molar-refractivity contribution in [3.8, 4) is 0 Å². The van der Waals surface area contributed by atoms with E-state index >= 15 is 0 Å². The van der Waals surface area contributed by atoms with Gasteiger partial charge < -0.3 is 20.2 Å². The second kappa shape index (κ2) is 19.1. The fourth-order valence-corrected chi connectivity index (χ4v) is 10.6. The molecule has 61 heavy (non-hydrogen) atoms. The lowest BCUT2D eigenvalue weighted by atomic mass is 9.77. The normalized spacial score (nSPS) is 16.3. The molecular formula is C48H40IN5O5S2. The Morgan fingerprint density at radius 2 is 1.38 bits per heavy atom. The molecule has 3 heterocycles. The molecule has 0 bridgehead atoms. The summed E-state index contributed by atoms with van der Waals surface area (Å²) in [7, 11) is 0. The fourth-order valence-electron chi connectivity index (χ4n) is 7.47. The predicted octanol–water partition coefficient (Wildman–Crippen LogP) is 8.88. The van der Waals surface area contributed by atoms with Gasteiger partial charge in [-0.3, -0.25) is 14.5 Å². The molecule has 0 radical (unpaired) electrons. The van der Waals surface area contributed by atoms with E-state index in [9.17, 15) is 14.4 Å². The zero-order chi connectivity index (χ0) is 42.2. The van der Waals surface area contributed by atoms with E-state index in [0.717, 1.165) is 33.4 Å². The highest BCUT2D eigenvalue weighted by Gasteiger charge is 2.55. The molecule has 5 aromatic carbocycles. The first kappa shape index (κ1) is 41.7. The number of esters is 1. The summed E-state index contributed by atoms with van der Waals surface area (Å²) < 4.78 is 6.75. The molecule has 2 aliphatic rings. The topological polar surface area (TPSA) is 122 Å². The van der Waals surface area contributed by atoms with Crippen LogP contribution in [0.1, 0.15) is 39.6 Å². The van der Waals surface area contributed by atoms with Crippen molar-refractivity contribution < 1.29 is 24.0 Å². The van der Waals surface area contributed by atoms with Crippen molar-refractivity contribution in [3.63, 3.8) is 0 Å². The van der Waals surface area contributed by atoms with Gasteiger partial charge in [-0.2, -0.15) is 0 Å². The minimum Gasteiger partial charge on any atom is -0.448 e. The molecule has 1 fully saturated rings. The Bertz CT molecular complexity index is 2420. The molecule has 306 valence electrons. The predicted molar refractivity (Wildman–Crippen MR) is 249 cm³/mol. The van der Waals surface area contributed by atoms with Crippen molar-refractivity contribution in [2.75, 3.05) is 22.1 Å². The molecule has 0 aliphatic carbocycles. The maximum atomic E-state index is 14.2. The van der Waals surface area contributed by atoms with E-state index in [-0.39, 0.29) is 23.7 Å². The van der Waals surface area contributed by atoms with Crippen LogP contribution in [0, 0.1) is 0 Å². The number of alkyl halides is 1. The van der Waals surface area contributed by atoms with E-state index in [1.807, 2.05) is 115 Å². The lowest BCUT2D eigenvalue weighted by molar-refractivity contribution is -0.154. The van der Waals surface area contributed by atoms with Gasteiger partial charge in [0.1, 0.15) is 35.0 Å². The number of carbonyl (C=O) groups is 3. The molecule has 8 rings (SSSR count). The van der Waals surface area contributed by atoms with Crippen LogP contribution in [0.2, 0.25) is 0 Å². The molecule has 13 heteroatoms. The first-order valence-corrected chi connectivity index (χ1v) is 22.9. The van der Waals surface area contributed by atoms with E-state index in [4.69, 9.17) is 14.6 Å². The number of rotatable bonds is 16. The van der Waals surface area contributed by atoms with Crippen LogP contribution in [-0.2, 0) is 29.5 Å². The number of amides is 2. The van der Waals surface area contributed by atoms with Gasteiger partial charge in [0.05, 0.1) is 0 Å². The second-order valence-electron chi connectivity index (χ2n) is 14.1. The summed E-state index contributed by atoms with van der Waals surface area (Å²) in [6.45, 7) is 3.75. The molecular weight excluding hydrogens is 918 g/mol. The van der Waals surface area contributed by atoms with E-state index in [1.165, 1.54) is 34.1 Å². The summed E-state index contributed by atoms with van der Waals surface area (Å²) in [6, 6.07) is 48.4. The number of benzene rings is 5. The van der Waals surface area contributed by atoms with Gasteiger partial charge in [0.25, 0.3) is 11.8 Å². The van der Waals surface area contributed by atoms with Crippen molar-refractivity contribution in [1.29, 1.82) is 0 Å². The first-order valence-electron chi connectivity index (χ1n) is 19.5. The minimum absolute atomic E-state index is 0.0437. The number of thioether (sulfide) groups is 1. The standard InChI is InChI=1S/C48H40IN5O5S2/c1-2-28-58-53-39(38-31-61-47(50-38)52-48(35-22-12-5-13-23-35,36-24-14-6-15-25-36)37-26-16-7-17-27-37)43(55)51-40-44(56)54-41(34(29-49)30-60-45(40)54)46(57)59-42(32-18-8-3-9-19-32)33-20-10-4-11-21-33/h2-27,31,40,42,45H,1,28-30H2,(H,50,52)(H,51,55)/b53-39-/t40-,45-/m1/s1. The molecule has 0 spiro atoms. The zero-order valence-corrected chi connectivity index (χ0v) is 36.5. The van der Waals surface area contributed by atoms with Crippen LogP contribution in [0.4, 0.5) is 5.13 Å². The van der Waals surface area contributed by atoms with Crippen LogP contribution >= 0.6 is 45.7 Å². The number of carbonyl (C=O) groups excluding carboxylic acids is 3. The Labute approximate surface area is 375 Å². The quantitative estimate of drug-likeness (QED) is 0.0114. The van der Waals surface area contributed by atoms with E-state index < -0.39 is 40.8 Å². The molecule has 2 atom stereocenters. The van der Waals surface area contributed by atoms with Crippen LogP contribution in [0.15, 0.2) is 186 Å².